The maximum absolute atomic E-state index is 12.9. The third-order valence-corrected chi connectivity index (χ3v) is 7.27. The highest BCUT2D eigenvalue weighted by Gasteiger charge is 2.23. The highest BCUT2D eigenvalue weighted by molar-refractivity contribution is 5.75. The van der Waals surface area contributed by atoms with Gasteiger partial charge in [-0.05, 0) is 67.1 Å². The van der Waals surface area contributed by atoms with E-state index in [9.17, 15) is 4.79 Å². The minimum atomic E-state index is -0.686. The lowest BCUT2D eigenvalue weighted by molar-refractivity contribution is -0.151. The van der Waals surface area contributed by atoms with Gasteiger partial charge in [-0.15, -0.1) is 0 Å². The highest BCUT2D eigenvalue weighted by Crippen LogP contribution is 2.35. The summed E-state index contributed by atoms with van der Waals surface area (Å²) < 4.78 is 24.0. The van der Waals surface area contributed by atoms with Crippen LogP contribution < -0.4 is 14.2 Å². The monoisotopic (exact) mass is 574 g/mol. The SMILES string of the molecule is CCCCCCCCOc1ccc(-c2ccc(OCc3ccccc3)c(O[C@H](CCCCCC)C(=O)OCC)c2)cc1. The van der Waals surface area contributed by atoms with Crippen LogP contribution in [0.3, 0.4) is 0 Å². The number of carbonyl (C=O) groups excluding carboxylic acids is 1. The number of hydrogen-bond acceptors (Lipinski definition) is 5. The first-order chi connectivity index (χ1) is 20.6. The predicted octanol–water partition coefficient (Wildman–Crippen LogP) is 9.95. The van der Waals surface area contributed by atoms with Crippen molar-refractivity contribution in [1.29, 1.82) is 0 Å². The molecule has 0 radical (unpaired) electrons. The molecule has 0 bridgehead atoms. The zero-order valence-corrected chi connectivity index (χ0v) is 25.9. The molecule has 0 aliphatic carbocycles. The van der Waals surface area contributed by atoms with Crippen molar-refractivity contribution >= 4 is 5.97 Å². The Morgan fingerprint density at radius 1 is 0.667 bits per heavy atom. The molecule has 3 aromatic carbocycles. The molecule has 0 spiro atoms. The summed E-state index contributed by atoms with van der Waals surface area (Å²) in [7, 11) is 0. The van der Waals surface area contributed by atoms with Crippen molar-refractivity contribution < 1.29 is 23.7 Å². The number of carbonyl (C=O) groups is 1. The van der Waals surface area contributed by atoms with Crippen molar-refractivity contribution in [2.75, 3.05) is 13.2 Å². The Balaban J connectivity index is 1.74. The molecule has 0 fully saturated rings. The van der Waals surface area contributed by atoms with Crippen molar-refractivity contribution in [3.8, 4) is 28.4 Å². The van der Waals surface area contributed by atoms with Crippen LogP contribution in [0, 0.1) is 0 Å². The maximum Gasteiger partial charge on any atom is 0.347 e. The van der Waals surface area contributed by atoms with E-state index in [0.717, 1.165) is 61.2 Å². The second-order valence-corrected chi connectivity index (χ2v) is 10.8. The van der Waals surface area contributed by atoms with E-state index < -0.39 is 6.10 Å². The van der Waals surface area contributed by atoms with Crippen molar-refractivity contribution in [3.05, 3.63) is 78.4 Å². The normalized spacial score (nSPS) is 11.6. The second-order valence-electron chi connectivity index (χ2n) is 10.8. The lowest BCUT2D eigenvalue weighted by Crippen LogP contribution is -2.29. The average molecular weight is 575 g/mol. The molecule has 42 heavy (non-hydrogen) atoms. The van der Waals surface area contributed by atoms with Crippen molar-refractivity contribution in [2.45, 2.75) is 104 Å². The summed E-state index contributed by atoms with van der Waals surface area (Å²) in [5, 5.41) is 0. The molecule has 3 rings (SSSR count). The van der Waals surface area contributed by atoms with Crippen molar-refractivity contribution in [3.63, 3.8) is 0 Å². The molecule has 5 heteroatoms. The second kappa shape index (κ2) is 19.6. The number of hydrogen-bond donors (Lipinski definition) is 0. The van der Waals surface area contributed by atoms with Gasteiger partial charge in [0, 0.05) is 0 Å². The smallest absolute Gasteiger partial charge is 0.347 e. The first-order valence-corrected chi connectivity index (χ1v) is 16.0. The number of unbranched alkanes of at least 4 members (excludes halogenated alkanes) is 8. The molecule has 0 aliphatic rings. The summed E-state index contributed by atoms with van der Waals surface area (Å²) in [4.78, 5) is 12.9. The zero-order chi connectivity index (χ0) is 29.8. The molecule has 5 nitrogen and oxygen atoms in total. The van der Waals surface area contributed by atoms with E-state index in [4.69, 9.17) is 18.9 Å². The van der Waals surface area contributed by atoms with Crippen molar-refractivity contribution in [2.24, 2.45) is 0 Å². The summed E-state index contributed by atoms with van der Waals surface area (Å²) in [5.74, 6) is 1.69. The first-order valence-electron chi connectivity index (χ1n) is 16.0. The molecular formula is C37H50O5. The molecule has 0 unspecified atom stereocenters. The van der Waals surface area contributed by atoms with E-state index in [-0.39, 0.29) is 5.97 Å². The van der Waals surface area contributed by atoms with Crippen LogP contribution in [-0.4, -0.2) is 25.3 Å². The number of esters is 1. The Morgan fingerprint density at radius 2 is 1.33 bits per heavy atom. The van der Waals surface area contributed by atoms with E-state index >= 15 is 0 Å². The van der Waals surface area contributed by atoms with E-state index in [0.29, 0.717) is 31.1 Å². The quantitative estimate of drug-likeness (QED) is 0.0936. The van der Waals surface area contributed by atoms with Gasteiger partial charge in [0.25, 0.3) is 0 Å². The van der Waals surface area contributed by atoms with E-state index in [1.807, 2.05) is 67.6 Å². The average Bonchev–Trinajstić information content (AvgIpc) is 3.02. The van der Waals surface area contributed by atoms with Gasteiger partial charge < -0.3 is 18.9 Å². The van der Waals surface area contributed by atoms with E-state index in [1.165, 1.54) is 32.1 Å². The van der Waals surface area contributed by atoms with Crippen LogP contribution in [0.2, 0.25) is 0 Å². The maximum atomic E-state index is 12.9. The molecule has 0 N–H and O–H groups in total. The lowest BCUT2D eigenvalue weighted by atomic mass is 10.0. The minimum absolute atomic E-state index is 0.318. The van der Waals surface area contributed by atoms with Gasteiger partial charge in [-0.1, -0.05) is 114 Å². The van der Waals surface area contributed by atoms with Gasteiger partial charge in [-0.25, -0.2) is 4.79 Å². The summed E-state index contributed by atoms with van der Waals surface area (Å²) in [5.41, 5.74) is 3.08. The first kappa shape index (κ1) is 33.0. The molecular weight excluding hydrogens is 524 g/mol. The molecule has 3 aromatic rings. The van der Waals surface area contributed by atoms with Crippen LogP contribution in [0.5, 0.6) is 17.2 Å². The summed E-state index contributed by atoms with van der Waals surface area (Å²) in [6.45, 7) is 7.70. The van der Waals surface area contributed by atoms with Gasteiger partial charge >= 0.3 is 5.97 Å². The van der Waals surface area contributed by atoms with Crippen LogP contribution in [0.25, 0.3) is 11.1 Å². The molecule has 0 heterocycles. The van der Waals surface area contributed by atoms with Crippen LogP contribution in [0.4, 0.5) is 0 Å². The summed E-state index contributed by atoms with van der Waals surface area (Å²) >= 11 is 0. The fourth-order valence-electron chi connectivity index (χ4n) is 4.82. The fraction of sp³-hybridized carbons (Fsp3) is 0.486. The van der Waals surface area contributed by atoms with Gasteiger partial charge in [-0.2, -0.15) is 0 Å². The van der Waals surface area contributed by atoms with Crippen molar-refractivity contribution in [1.82, 2.24) is 0 Å². The van der Waals surface area contributed by atoms with Crippen LogP contribution in [-0.2, 0) is 16.1 Å². The summed E-state index contributed by atoms with van der Waals surface area (Å²) in [6.07, 6.45) is 11.6. The van der Waals surface area contributed by atoms with E-state index in [2.05, 4.69) is 26.0 Å². The topological polar surface area (TPSA) is 54.0 Å². The Morgan fingerprint density at radius 3 is 2.05 bits per heavy atom. The Labute approximate surface area is 253 Å². The molecule has 1 atom stereocenters. The molecule has 0 saturated heterocycles. The number of benzene rings is 3. The fourth-order valence-corrected chi connectivity index (χ4v) is 4.82. The van der Waals surface area contributed by atoms with Crippen LogP contribution in [0.1, 0.15) is 97.0 Å². The third kappa shape index (κ3) is 11.8. The zero-order valence-electron chi connectivity index (χ0n) is 25.9. The molecule has 228 valence electrons. The molecule has 0 amide bonds. The van der Waals surface area contributed by atoms with Gasteiger partial charge in [-0.3, -0.25) is 0 Å². The van der Waals surface area contributed by atoms with Crippen LogP contribution in [0.15, 0.2) is 72.8 Å². The standard InChI is InChI=1S/C37H50O5/c1-4-7-9-11-12-17-27-40-33-24-21-31(22-25-33)32-23-26-34(41-29-30-18-14-13-15-19-30)36(28-32)42-35(37(38)39-6-3)20-16-10-8-5-2/h13-15,18-19,21-26,28,35H,4-12,16-17,20,27,29H2,1-3H3/t35-/m1/s1. The van der Waals surface area contributed by atoms with Crippen LogP contribution >= 0.6 is 0 Å². The summed E-state index contributed by atoms with van der Waals surface area (Å²) in [6, 6.07) is 24.1. The number of ether oxygens (including phenoxy) is 4. The minimum Gasteiger partial charge on any atom is -0.494 e. The van der Waals surface area contributed by atoms with Gasteiger partial charge in [0.15, 0.2) is 17.6 Å². The van der Waals surface area contributed by atoms with Gasteiger partial charge in [0.2, 0.25) is 0 Å². The largest absolute Gasteiger partial charge is 0.494 e. The third-order valence-electron chi connectivity index (χ3n) is 7.27. The molecule has 0 aliphatic heterocycles. The Hall–Kier alpha value is -3.47. The molecule has 0 aromatic heterocycles. The highest BCUT2D eigenvalue weighted by atomic mass is 16.6. The lowest BCUT2D eigenvalue weighted by Gasteiger charge is -2.21. The van der Waals surface area contributed by atoms with Gasteiger partial charge in [0.05, 0.1) is 13.2 Å². The number of rotatable bonds is 21. The Bertz CT molecular complexity index is 1140. The predicted molar refractivity (Wildman–Crippen MR) is 171 cm³/mol. The van der Waals surface area contributed by atoms with E-state index in [1.54, 1.807) is 0 Å². The van der Waals surface area contributed by atoms with Gasteiger partial charge in [0.1, 0.15) is 12.4 Å². The Kier molecular flexibility index (Phi) is 15.4. The molecule has 0 saturated carbocycles.